The van der Waals surface area contributed by atoms with Crippen molar-refractivity contribution in [2.45, 2.75) is 0 Å². The Kier molecular flexibility index (Phi) is 4.19. The van der Waals surface area contributed by atoms with E-state index in [4.69, 9.17) is 11.6 Å². The molecule has 92 valence electrons. The maximum Gasteiger partial charge on any atom is 0.258 e. The van der Waals surface area contributed by atoms with Crippen LogP contribution < -0.4 is 5.32 Å². The van der Waals surface area contributed by atoms with Gasteiger partial charge in [-0.25, -0.2) is 4.39 Å². The predicted molar refractivity (Wildman–Crippen MR) is 78.5 cm³/mol. The number of hydrogen-bond acceptors (Lipinski definition) is 1. The van der Waals surface area contributed by atoms with Gasteiger partial charge in [0.2, 0.25) is 0 Å². The minimum absolute atomic E-state index is 0.0287. The molecule has 0 saturated heterocycles. The Morgan fingerprint density at radius 1 is 1.22 bits per heavy atom. The summed E-state index contributed by atoms with van der Waals surface area (Å²) in [6.45, 7) is 0. The summed E-state index contributed by atoms with van der Waals surface area (Å²) in [7, 11) is 0. The lowest BCUT2D eigenvalue weighted by atomic mass is 10.2. The predicted octanol–water partition coefficient (Wildman–Crippen LogP) is 4.34. The van der Waals surface area contributed by atoms with Crippen molar-refractivity contribution in [2.75, 3.05) is 5.32 Å². The van der Waals surface area contributed by atoms with Crippen molar-refractivity contribution < 1.29 is 9.18 Å². The van der Waals surface area contributed by atoms with Crippen LogP contribution in [0.25, 0.3) is 0 Å². The molecule has 0 bridgehead atoms. The van der Waals surface area contributed by atoms with E-state index in [9.17, 15) is 9.18 Å². The van der Waals surface area contributed by atoms with Crippen LogP contribution in [0.5, 0.6) is 0 Å². The van der Waals surface area contributed by atoms with Gasteiger partial charge in [-0.15, -0.1) is 0 Å². The molecule has 0 atom stereocenters. The molecule has 2 aromatic carbocycles. The molecule has 0 aliphatic heterocycles. The quantitative estimate of drug-likeness (QED) is 0.778. The molecule has 1 N–H and O–H groups in total. The fraction of sp³-hybridized carbons (Fsp3) is 0. The van der Waals surface area contributed by atoms with Crippen LogP contribution in [0.3, 0.4) is 0 Å². The zero-order chi connectivity index (χ0) is 13.1. The molecule has 0 heterocycles. The van der Waals surface area contributed by atoms with Crippen molar-refractivity contribution in [3.05, 3.63) is 62.4 Å². The Hall–Kier alpha value is -1.14. The third-order valence-corrected chi connectivity index (χ3v) is 3.47. The van der Waals surface area contributed by atoms with Crippen LogP contribution in [0.4, 0.5) is 10.1 Å². The van der Waals surface area contributed by atoms with Crippen LogP contribution in [0, 0.1) is 9.39 Å². The van der Waals surface area contributed by atoms with Crippen molar-refractivity contribution in [1.82, 2.24) is 0 Å². The Morgan fingerprint density at radius 2 is 1.94 bits per heavy atom. The summed E-state index contributed by atoms with van der Waals surface area (Å²) in [5.74, 6) is -1.13. The molecule has 2 nitrogen and oxygen atoms in total. The van der Waals surface area contributed by atoms with Crippen molar-refractivity contribution in [3.63, 3.8) is 0 Å². The van der Waals surface area contributed by atoms with E-state index in [1.54, 1.807) is 12.1 Å². The van der Waals surface area contributed by atoms with Gasteiger partial charge in [0, 0.05) is 8.59 Å². The third-order valence-electron chi connectivity index (χ3n) is 2.30. The lowest BCUT2D eigenvalue weighted by Crippen LogP contribution is -2.14. The Morgan fingerprint density at radius 3 is 2.61 bits per heavy atom. The first-order valence-electron chi connectivity index (χ1n) is 5.09. The van der Waals surface area contributed by atoms with E-state index in [0.717, 1.165) is 9.64 Å². The number of amides is 1. The molecule has 1 amide bonds. The van der Waals surface area contributed by atoms with Crippen LogP contribution in [-0.2, 0) is 0 Å². The minimum atomic E-state index is -0.633. The van der Waals surface area contributed by atoms with E-state index in [0.29, 0.717) is 5.69 Å². The van der Waals surface area contributed by atoms with E-state index in [2.05, 4.69) is 27.9 Å². The number of nitrogens with one attached hydrogen (secondary N) is 1. The van der Waals surface area contributed by atoms with Gasteiger partial charge in [0.1, 0.15) is 5.82 Å². The molecule has 18 heavy (non-hydrogen) atoms. The summed E-state index contributed by atoms with van der Waals surface area (Å²) in [5.41, 5.74) is 0.622. The summed E-state index contributed by atoms with van der Waals surface area (Å²) in [4.78, 5) is 11.9. The second-order valence-corrected chi connectivity index (χ2v) is 5.16. The molecule has 0 radical (unpaired) electrons. The summed E-state index contributed by atoms with van der Waals surface area (Å²) < 4.78 is 14.4. The Labute approximate surface area is 122 Å². The highest BCUT2D eigenvalue weighted by molar-refractivity contribution is 14.1. The van der Waals surface area contributed by atoms with Gasteiger partial charge in [0.25, 0.3) is 5.91 Å². The monoisotopic (exact) mass is 375 g/mol. The van der Waals surface area contributed by atoms with Gasteiger partial charge in [0.15, 0.2) is 0 Å². The van der Waals surface area contributed by atoms with Crippen LogP contribution in [0.1, 0.15) is 10.4 Å². The fourth-order valence-electron chi connectivity index (χ4n) is 1.43. The zero-order valence-electron chi connectivity index (χ0n) is 9.08. The number of hydrogen-bond donors (Lipinski definition) is 1. The van der Waals surface area contributed by atoms with Gasteiger partial charge in [0.05, 0.1) is 11.3 Å². The third kappa shape index (κ3) is 3.00. The lowest BCUT2D eigenvalue weighted by Gasteiger charge is -2.08. The molecule has 5 heteroatoms. The molecule has 0 unspecified atom stereocenters. The van der Waals surface area contributed by atoms with E-state index in [1.807, 2.05) is 12.1 Å². The van der Waals surface area contributed by atoms with Crippen LogP contribution in [0.15, 0.2) is 42.5 Å². The first-order valence-corrected chi connectivity index (χ1v) is 6.54. The molecule has 0 aliphatic rings. The van der Waals surface area contributed by atoms with Crippen molar-refractivity contribution in [2.24, 2.45) is 0 Å². The average molecular weight is 376 g/mol. The standard InChI is InChI=1S/C13H8ClFINO/c14-8-5-6-9(10(15)7-8)13(18)17-12-4-2-1-3-11(12)16/h1-7H,(H,17,18). The molecule has 0 spiro atoms. The number of anilines is 1. The molecule has 2 rings (SSSR count). The second-order valence-electron chi connectivity index (χ2n) is 3.56. The summed E-state index contributed by atoms with van der Waals surface area (Å²) in [6.07, 6.45) is 0. The normalized spacial score (nSPS) is 10.2. The minimum Gasteiger partial charge on any atom is -0.321 e. The van der Waals surface area contributed by atoms with Crippen molar-refractivity contribution in [3.8, 4) is 0 Å². The van der Waals surface area contributed by atoms with Crippen molar-refractivity contribution >= 4 is 45.8 Å². The SMILES string of the molecule is O=C(Nc1ccccc1I)c1ccc(Cl)cc1F. The average Bonchev–Trinajstić information content (AvgIpc) is 2.32. The number of halogens is 3. The zero-order valence-corrected chi connectivity index (χ0v) is 12.0. The molecule has 0 aliphatic carbocycles. The van der Waals surface area contributed by atoms with Crippen molar-refractivity contribution in [1.29, 1.82) is 0 Å². The topological polar surface area (TPSA) is 29.1 Å². The van der Waals surface area contributed by atoms with E-state index in [-0.39, 0.29) is 10.6 Å². The molecular formula is C13H8ClFINO. The lowest BCUT2D eigenvalue weighted by molar-refractivity contribution is 0.102. The highest BCUT2D eigenvalue weighted by atomic mass is 127. The number of rotatable bonds is 2. The summed E-state index contributed by atoms with van der Waals surface area (Å²) in [6, 6.07) is 11.2. The molecule has 2 aromatic rings. The van der Waals surface area contributed by atoms with E-state index < -0.39 is 11.7 Å². The maximum absolute atomic E-state index is 13.6. The Balaban J connectivity index is 2.25. The fourth-order valence-corrected chi connectivity index (χ4v) is 2.11. The van der Waals surface area contributed by atoms with Crippen LogP contribution in [-0.4, -0.2) is 5.91 Å². The van der Waals surface area contributed by atoms with Gasteiger partial charge >= 0.3 is 0 Å². The van der Waals surface area contributed by atoms with E-state index >= 15 is 0 Å². The Bertz CT molecular complexity index is 603. The molecule has 0 saturated carbocycles. The number of benzene rings is 2. The first-order chi connectivity index (χ1) is 8.58. The summed E-state index contributed by atoms with van der Waals surface area (Å²) in [5, 5.41) is 2.92. The van der Waals surface area contributed by atoms with Crippen LogP contribution >= 0.6 is 34.2 Å². The highest BCUT2D eigenvalue weighted by Gasteiger charge is 2.13. The van der Waals surface area contributed by atoms with Gasteiger partial charge in [-0.2, -0.15) is 0 Å². The smallest absolute Gasteiger partial charge is 0.258 e. The molecule has 0 fully saturated rings. The van der Waals surface area contributed by atoms with Gasteiger partial charge in [-0.05, 0) is 52.9 Å². The second kappa shape index (κ2) is 5.67. The molecule has 0 aromatic heterocycles. The van der Waals surface area contributed by atoms with Gasteiger partial charge < -0.3 is 5.32 Å². The number of carbonyl (C=O) groups is 1. The van der Waals surface area contributed by atoms with E-state index in [1.165, 1.54) is 12.1 Å². The first kappa shape index (κ1) is 13.3. The largest absolute Gasteiger partial charge is 0.321 e. The van der Waals surface area contributed by atoms with Gasteiger partial charge in [-0.3, -0.25) is 4.79 Å². The summed E-state index contributed by atoms with van der Waals surface area (Å²) >= 11 is 7.73. The highest BCUT2D eigenvalue weighted by Crippen LogP contribution is 2.20. The van der Waals surface area contributed by atoms with Crippen LogP contribution in [0.2, 0.25) is 5.02 Å². The number of para-hydroxylation sites is 1. The molecular weight excluding hydrogens is 368 g/mol. The maximum atomic E-state index is 13.6. The van der Waals surface area contributed by atoms with Gasteiger partial charge in [-0.1, -0.05) is 23.7 Å². The number of carbonyl (C=O) groups excluding carboxylic acids is 1.